The molecule has 1 aliphatic heterocycles. The molecule has 0 unspecified atom stereocenters. The highest BCUT2D eigenvalue weighted by Crippen LogP contribution is 2.17. The molecule has 7 heteroatoms. The molecule has 1 saturated heterocycles. The summed E-state index contributed by atoms with van der Waals surface area (Å²) in [6, 6.07) is 5.84. The second kappa shape index (κ2) is 8.62. The average molecular weight is 368 g/mol. The van der Waals surface area contributed by atoms with Crippen molar-refractivity contribution in [2.75, 3.05) is 19.7 Å². The summed E-state index contributed by atoms with van der Waals surface area (Å²) in [5, 5.41) is 2.95. The zero-order valence-electron chi connectivity index (χ0n) is 15.6. The first kappa shape index (κ1) is 18.8. The third-order valence-electron chi connectivity index (χ3n) is 4.82. The van der Waals surface area contributed by atoms with Gasteiger partial charge in [-0.3, -0.25) is 14.6 Å². The summed E-state index contributed by atoms with van der Waals surface area (Å²) in [7, 11) is 0. The van der Waals surface area contributed by atoms with Crippen LogP contribution in [-0.4, -0.2) is 52.4 Å². The Morgan fingerprint density at radius 1 is 1.19 bits per heavy atom. The molecule has 0 aliphatic carbocycles. The van der Waals surface area contributed by atoms with Gasteiger partial charge in [-0.05, 0) is 49.9 Å². The monoisotopic (exact) mass is 368 g/mol. The molecule has 0 spiro atoms. The molecular weight excluding hydrogens is 344 g/mol. The van der Waals surface area contributed by atoms with Crippen LogP contribution in [0.25, 0.3) is 0 Å². The normalized spacial score (nSPS) is 14.7. The molecule has 7 nitrogen and oxygen atoms in total. The van der Waals surface area contributed by atoms with E-state index in [-0.39, 0.29) is 24.5 Å². The fraction of sp³-hybridized carbons (Fsp3) is 0.400. The minimum atomic E-state index is -0.231. The molecule has 1 aliphatic rings. The summed E-state index contributed by atoms with van der Waals surface area (Å²) in [6.45, 7) is 5.28. The van der Waals surface area contributed by atoms with Crippen LogP contribution in [0.5, 0.6) is 5.75 Å². The lowest BCUT2D eigenvalue weighted by Gasteiger charge is -2.32. The van der Waals surface area contributed by atoms with Crippen LogP contribution in [0.3, 0.4) is 0 Å². The number of amides is 2. The maximum absolute atomic E-state index is 12.4. The molecule has 0 bridgehead atoms. The van der Waals surface area contributed by atoms with E-state index in [0.29, 0.717) is 37.4 Å². The summed E-state index contributed by atoms with van der Waals surface area (Å²) in [5.41, 5.74) is 2.64. The molecule has 27 heavy (non-hydrogen) atoms. The van der Waals surface area contributed by atoms with Crippen LogP contribution < -0.4 is 10.1 Å². The van der Waals surface area contributed by atoms with Crippen LogP contribution in [-0.2, 0) is 4.79 Å². The average Bonchev–Trinajstić information content (AvgIpc) is 2.70. The summed E-state index contributed by atoms with van der Waals surface area (Å²) < 4.78 is 5.63. The predicted molar refractivity (Wildman–Crippen MR) is 101 cm³/mol. The first-order valence-electron chi connectivity index (χ1n) is 9.07. The van der Waals surface area contributed by atoms with Crippen molar-refractivity contribution in [2.45, 2.75) is 32.7 Å². The van der Waals surface area contributed by atoms with Gasteiger partial charge in [-0.1, -0.05) is 6.07 Å². The Morgan fingerprint density at radius 2 is 1.96 bits per heavy atom. The molecule has 2 heterocycles. The fourth-order valence-corrected chi connectivity index (χ4v) is 2.99. The van der Waals surface area contributed by atoms with E-state index in [1.165, 1.54) is 24.2 Å². The van der Waals surface area contributed by atoms with Crippen molar-refractivity contribution < 1.29 is 14.3 Å². The largest absolute Gasteiger partial charge is 0.484 e. The summed E-state index contributed by atoms with van der Waals surface area (Å²) in [5.74, 6) is 0.440. The summed E-state index contributed by atoms with van der Waals surface area (Å²) in [4.78, 5) is 34.2. The van der Waals surface area contributed by atoms with E-state index < -0.39 is 0 Å². The number of likely N-dealkylation sites (tertiary alicyclic amines) is 1. The number of aromatic nitrogens is 2. The fourth-order valence-electron chi connectivity index (χ4n) is 2.99. The molecular formula is C20H24N4O3. The van der Waals surface area contributed by atoms with Gasteiger partial charge in [0.2, 0.25) is 0 Å². The quantitative estimate of drug-likeness (QED) is 0.871. The third-order valence-corrected chi connectivity index (χ3v) is 4.82. The van der Waals surface area contributed by atoms with E-state index in [2.05, 4.69) is 15.3 Å². The maximum atomic E-state index is 12.4. The van der Waals surface area contributed by atoms with Crippen LogP contribution >= 0.6 is 0 Å². The van der Waals surface area contributed by atoms with Crippen LogP contribution in [0, 0.1) is 13.8 Å². The Bertz CT molecular complexity index is 802. The number of ether oxygens (including phenoxy) is 1. The van der Waals surface area contributed by atoms with Gasteiger partial charge in [0.1, 0.15) is 11.4 Å². The first-order valence-corrected chi connectivity index (χ1v) is 9.07. The smallest absolute Gasteiger partial charge is 0.271 e. The van der Waals surface area contributed by atoms with Crippen LogP contribution in [0.15, 0.2) is 36.8 Å². The number of hydrogen-bond donors (Lipinski definition) is 1. The number of rotatable bonds is 5. The minimum Gasteiger partial charge on any atom is -0.484 e. The van der Waals surface area contributed by atoms with Crippen molar-refractivity contribution in [2.24, 2.45) is 0 Å². The molecule has 2 aromatic rings. The number of nitrogens with one attached hydrogen (secondary N) is 1. The van der Waals surface area contributed by atoms with Crippen molar-refractivity contribution in [1.82, 2.24) is 20.2 Å². The molecule has 0 radical (unpaired) electrons. The van der Waals surface area contributed by atoms with E-state index in [0.717, 1.165) is 5.56 Å². The topological polar surface area (TPSA) is 84.4 Å². The zero-order valence-corrected chi connectivity index (χ0v) is 15.6. The van der Waals surface area contributed by atoms with E-state index in [4.69, 9.17) is 4.74 Å². The summed E-state index contributed by atoms with van der Waals surface area (Å²) in [6.07, 6.45) is 5.88. The van der Waals surface area contributed by atoms with Crippen molar-refractivity contribution >= 4 is 11.8 Å². The van der Waals surface area contributed by atoms with E-state index >= 15 is 0 Å². The van der Waals surface area contributed by atoms with E-state index in [1.807, 2.05) is 32.0 Å². The van der Waals surface area contributed by atoms with E-state index in [1.54, 1.807) is 4.90 Å². The molecule has 0 atom stereocenters. The Morgan fingerprint density at radius 3 is 2.63 bits per heavy atom. The Labute approximate surface area is 158 Å². The lowest BCUT2D eigenvalue weighted by Crippen LogP contribution is -2.47. The van der Waals surface area contributed by atoms with Crippen molar-refractivity contribution in [1.29, 1.82) is 0 Å². The van der Waals surface area contributed by atoms with Gasteiger partial charge >= 0.3 is 0 Å². The van der Waals surface area contributed by atoms with Gasteiger partial charge in [0.15, 0.2) is 6.61 Å². The Balaban J connectivity index is 1.43. The zero-order chi connectivity index (χ0) is 19.2. The van der Waals surface area contributed by atoms with Crippen molar-refractivity contribution in [3.05, 3.63) is 53.6 Å². The van der Waals surface area contributed by atoms with Crippen molar-refractivity contribution in [3.63, 3.8) is 0 Å². The van der Waals surface area contributed by atoms with Gasteiger partial charge in [0.25, 0.3) is 11.8 Å². The van der Waals surface area contributed by atoms with Crippen LogP contribution in [0.2, 0.25) is 0 Å². The van der Waals surface area contributed by atoms with Gasteiger partial charge in [-0.15, -0.1) is 0 Å². The van der Waals surface area contributed by atoms with Gasteiger partial charge in [-0.2, -0.15) is 0 Å². The highest BCUT2D eigenvalue weighted by atomic mass is 16.5. The highest BCUT2D eigenvalue weighted by Gasteiger charge is 2.24. The van der Waals surface area contributed by atoms with Gasteiger partial charge < -0.3 is 15.0 Å². The van der Waals surface area contributed by atoms with E-state index in [9.17, 15) is 9.59 Å². The lowest BCUT2D eigenvalue weighted by molar-refractivity contribution is -0.134. The van der Waals surface area contributed by atoms with Crippen molar-refractivity contribution in [3.8, 4) is 5.75 Å². The second-order valence-corrected chi connectivity index (χ2v) is 6.75. The Kier molecular flexibility index (Phi) is 6.01. The highest BCUT2D eigenvalue weighted by molar-refractivity contribution is 5.92. The molecule has 142 valence electrons. The number of aryl methyl sites for hydroxylation is 2. The maximum Gasteiger partial charge on any atom is 0.271 e. The number of carbonyl (C=O) groups is 2. The predicted octanol–water partition coefficient (Wildman–Crippen LogP) is 1.89. The standard InChI is InChI=1S/C20H24N4O3/c1-14-3-4-17(11-15(14)2)27-13-19(25)24-9-5-16(6-10-24)23-20(26)18-12-21-7-8-22-18/h3-4,7-8,11-12,16H,5-6,9-10,13H2,1-2H3,(H,23,26). The second-order valence-electron chi connectivity index (χ2n) is 6.75. The Hall–Kier alpha value is -2.96. The number of piperidine rings is 1. The molecule has 1 aromatic carbocycles. The molecule has 3 rings (SSSR count). The van der Waals surface area contributed by atoms with Gasteiger partial charge in [-0.25, -0.2) is 4.98 Å². The molecule has 1 N–H and O–H groups in total. The molecule has 0 saturated carbocycles. The van der Waals surface area contributed by atoms with Crippen LogP contribution in [0.1, 0.15) is 34.5 Å². The molecule has 1 fully saturated rings. The first-order chi connectivity index (χ1) is 13.0. The van der Waals surface area contributed by atoms with Gasteiger partial charge in [0.05, 0.1) is 6.20 Å². The van der Waals surface area contributed by atoms with Gasteiger partial charge in [0, 0.05) is 31.5 Å². The molecule has 2 amide bonds. The molecule has 1 aromatic heterocycles. The number of carbonyl (C=O) groups excluding carboxylic acids is 2. The van der Waals surface area contributed by atoms with Crippen LogP contribution in [0.4, 0.5) is 0 Å². The summed E-state index contributed by atoms with van der Waals surface area (Å²) >= 11 is 0. The number of hydrogen-bond acceptors (Lipinski definition) is 5. The number of benzene rings is 1. The lowest BCUT2D eigenvalue weighted by atomic mass is 10.0. The SMILES string of the molecule is Cc1ccc(OCC(=O)N2CCC(NC(=O)c3cnccn3)CC2)cc1C. The number of nitrogens with zero attached hydrogens (tertiary/aromatic N) is 3. The minimum absolute atomic E-state index is 0.0269. The third kappa shape index (κ3) is 5.03.